The van der Waals surface area contributed by atoms with Gasteiger partial charge < -0.3 is 10.6 Å². The summed E-state index contributed by atoms with van der Waals surface area (Å²) in [4.78, 5) is 24.8. The smallest absolute Gasteiger partial charge is 0.259 e. The molecule has 4 aromatic rings. The molecule has 0 aliphatic rings. The summed E-state index contributed by atoms with van der Waals surface area (Å²) in [5, 5.41) is 9.95. The molecule has 2 amide bonds. The van der Waals surface area contributed by atoms with Crippen molar-refractivity contribution in [1.82, 2.24) is 15.1 Å². The van der Waals surface area contributed by atoms with Crippen molar-refractivity contribution in [2.45, 2.75) is 0 Å². The van der Waals surface area contributed by atoms with Crippen LogP contribution in [0.5, 0.6) is 0 Å². The van der Waals surface area contributed by atoms with E-state index in [1.807, 2.05) is 30.3 Å². The molecule has 0 aliphatic carbocycles. The summed E-state index contributed by atoms with van der Waals surface area (Å²) in [6, 6.07) is 21.8. The first-order valence-electron chi connectivity index (χ1n) is 9.59. The van der Waals surface area contributed by atoms with E-state index in [4.69, 9.17) is 0 Å². The summed E-state index contributed by atoms with van der Waals surface area (Å²) >= 11 is 0. The monoisotopic (exact) mass is 414 g/mol. The molecule has 1 heterocycles. The Kier molecular flexibility index (Phi) is 5.57. The number of amides is 2. The number of carbonyl (C=O) groups is 2. The zero-order valence-electron chi connectivity index (χ0n) is 16.7. The average molecular weight is 414 g/mol. The molecular formula is C24H19FN4O2. The normalized spacial score (nSPS) is 10.5. The number of benzene rings is 3. The fraction of sp³-hybridized carbons (Fsp3) is 0.0417. The minimum Gasteiger partial charge on any atom is -0.355 e. The predicted octanol–water partition coefficient (Wildman–Crippen LogP) is 4.29. The Balaban J connectivity index is 1.68. The zero-order chi connectivity index (χ0) is 21.8. The van der Waals surface area contributed by atoms with Crippen molar-refractivity contribution >= 4 is 17.5 Å². The first-order valence-corrected chi connectivity index (χ1v) is 9.59. The molecule has 6 nitrogen and oxygen atoms in total. The standard InChI is InChI=1S/C24H19FN4O2/c1-26-23(30)17-9-13-19(14-10-17)27-24(31)21-15-29(20-5-3-2-4-6-20)28-22(21)16-7-11-18(25)12-8-16/h2-15H,1H3,(H,26,30)(H,27,31). The SMILES string of the molecule is CNC(=O)c1ccc(NC(=O)c2cn(-c3ccccc3)nc2-c2ccc(F)cc2)cc1. The number of para-hydroxylation sites is 1. The van der Waals surface area contributed by atoms with Crippen LogP contribution in [0, 0.1) is 5.82 Å². The van der Waals surface area contributed by atoms with Crippen LogP contribution in [-0.4, -0.2) is 28.6 Å². The summed E-state index contributed by atoms with van der Waals surface area (Å²) in [5.41, 5.74) is 3.21. The number of carbonyl (C=O) groups excluding carboxylic acids is 2. The maximum absolute atomic E-state index is 13.4. The quantitative estimate of drug-likeness (QED) is 0.512. The van der Waals surface area contributed by atoms with Gasteiger partial charge in [0.2, 0.25) is 0 Å². The number of aromatic nitrogens is 2. The number of hydrogen-bond acceptors (Lipinski definition) is 3. The van der Waals surface area contributed by atoms with Gasteiger partial charge in [0.15, 0.2) is 0 Å². The maximum atomic E-state index is 13.4. The molecule has 3 aromatic carbocycles. The third-order valence-corrected chi connectivity index (χ3v) is 4.73. The van der Waals surface area contributed by atoms with Gasteiger partial charge in [-0.15, -0.1) is 0 Å². The fourth-order valence-corrected chi connectivity index (χ4v) is 3.12. The molecule has 2 N–H and O–H groups in total. The summed E-state index contributed by atoms with van der Waals surface area (Å²) in [6.07, 6.45) is 1.64. The van der Waals surface area contributed by atoms with Crippen LogP contribution in [0.4, 0.5) is 10.1 Å². The lowest BCUT2D eigenvalue weighted by Gasteiger charge is -2.07. The predicted molar refractivity (Wildman–Crippen MR) is 117 cm³/mol. The lowest BCUT2D eigenvalue weighted by atomic mass is 10.1. The minimum atomic E-state index is -0.367. The number of rotatable bonds is 5. The lowest BCUT2D eigenvalue weighted by molar-refractivity contribution is 0.0962. The van der Waals surface area contributed by atoms with E-state index in [1.165, 1.54) is 12.1 Å². The molecule has 4 rings (SSSR count). The van der Waals surface area contributed by atoms with Gasteiger partial charge >= 0.3 is 0 Å². The van der Waals surface area contributed by atoms with Gasteiger partial charge in [0.25, 0.3) is 11.8 Å². The largest absolute Gasteiger partial charge is 0.355 e. The van der Waals surface area contributed by atoms with E-state index in [-0.39, 0.29) is 17.6 Å². The van der Waals surface area contributed by atoms with Crippen LogP contribution in [0.3, 0.4) is 0 Å². The summed E-state index contributed by atoms with van der Waals surface area (Å²) in [7, 11) is 1.55. The molecule has 0 radical (unpaired) electrons. The van der Waals surface area contributed by atoms with Crippen LogP contribution in [-0.2, 0) is 0 Å². The van der Waals surface area contributed by atoms with Crippen molar-refractivity contribution in [3.8, 4) is 16.9 Å². The first kappa shape index (κ1) is 20.0. The van der Waals surface area contributed by atoms with E-state index in [2.05, 4.69) is 15.7 Å². The average Bonchev–Trinajstić information content (AvgIpc) is 3.26. The van der Waals surface area contributed by atoms with Crippen LogP contribution in [0.1, 0.15) is 20.7 Å². The first-order chi connectivity index (χ1) is 15.0. The minimum absolute atomic E-state index is 0.208. The van der Waals surface area contributed by atoms with E-state index in [0.29, 0.717) is 28.1 Å². The van der Waals surface area contributed by atoms with Crippen LogP contribution in [0.25, 0.3) is 16.9 Å². The Hall–Kier alpha value is -4.26. The van der Waals surface area contributed by atoms with E-state index in [0.717, 1.165) is 5.69 Å². The lowest BCUT2D eigenvalue weighted by Crippen LogP contribution is -2.18. The van der Waals surface area contributed by atoms with Crippen molar-refractivity contribution in [3.05, 3.63) is 102 Å². The van der Waals surface area contributed by atoms with E-state index < -0.39 is 0 Å². The highest BCUT2D eigenvalue weighted by molar-refractivity contribution is 6.08. The number of halogens is 1. The van der Waals surface area contributed by atoms with Crippen molar-refractivity contribution in [2.24, 2.45) is 0 Å². The van der Waals surface area contributed by atoms with Gasteiger partial charge in [0.05, 0.1) is 11.3 Å². The Bertz CT molecular complexity index is 1220. The number of hydrogen-bond donors (Lipinski definition) is 2. The van der Waals surface area contributed by atoms with Crippen LogP contribution >= 0.6 is 0 Å². The Morgan fingerprint density at radius 1 is 0.871 bits per heavy atom. The molecule has 31 heavy (non-hydrogen) atoms. The van der Waals surface area contributed by atoms with Crippen LogP contribution in [0.15, 0.2) is 85.1 Å². The number of anilines is 1. The van der Waals surface area contributed by atoms with Gasteiger partial charge in [-0.05, 0) is 60.7 Å². The molecule has 0 saturated carbocycles. The molecule has 1 aromatic heterocycles. The molecule has 0 unspecified atom stereocenters. The summed E-state index contributed by atoms with van der Waals surface area (Å²) in [6.45, 7) is 0. The fourth-order valence-electron chi connectivity index (χ4n) is 3.12. The van der Waals surface area contributed by atoms with Gasteiger partial charge in [0, 0.05) is 30.1 Å². The topological polar surface area (TPSA) is 76.0 Å². The zero-order valence-corrected chi connectivity index (χ0v) is 16.7. The third kappa shape index (κ3) is 4.35. The van der Waals surface area contributed by atoms with Crippen molar-refractivity contribution < 1.29 is 14.0 Å². The highest BCUT2D eigenvalue weighted by Gasteiger charge is 2.19. The molecule has 0 spiro atoms. The Morgan fingerprint density at radius 3 is 2.19 bits per heavy atom. The second-order valence-electron chi connectivity index (χ2n) is 6.79. The van der Waals surface area contributed by atoms with E-state index >= 15 is 0 Å². The Labute approximate surface area is 178 Å². The molecule has 0 aliphatic heterocycles. The second kappa shape index (κ2) is 8.62. The number of nitrogens with zero attached hydrogens (tertiary/aromatic N) is 2. The highest BCUT2D eigenvalue weighted by atomic mass is 19.1. The van der Waals surface area contributed by atoms with Crippen LogP contribution < -0.4 is 10.6 Å². The van der Waals surface area contributed by atoms with Gasteiger partial charge in [-0.2, -0.15) is 5.10 Å². The van der Waals surface area contributed by atoms with E-state index in [9.17, 15) is 14.0 Å². The van der Waals surface area contributed by atoms with Crippen molar-refractivity contribution in [3.63, 3.8) is 0 Å². The molecule has 0 atom stereocenters. The molecule has 0 bridgehead atoms. The maximum Gasteiger partial charge on any atom is 0.259 e. The van der Waals surface area contributed by atoms with E-state index in [1.54, 1.807) is 54.3 Å². The molecule has 7 heteroatoms. The van der Waals surface area contributed by atoms with Gasteiger partial charge in [0.1, 0.15) is 11.5 Å². The van der Waals surface area contributed by atoms with Gasteiger partial charge in [-0.25, -0.2) is 9.07 Å². The van der Waals surface area contributed by atoms with Gasteiger partial charge in [-0.3, -0.25) is 9.59 Å². The highest BCUT2D eigenvalue weighted by Crippen LogP contribution is 2.25. The Morgan fingerprint density at radius 2 is 1.55 bits per heavy atom. The summed E-state index contributed by atoms with van der Waals surface area (Å²) in [5.74, 6) is -0.941. The molecular weight excluding hydrogens is 395 g/mol. The van der Waals surface area contributed by atoms with Crippen molar-refractivity contribution in [2.75, 3.05) is 12.4 Å². The third-order valence-electron chi connectivity index (χ3n) is 4.73. The van der Waals surface area contributed by atoms with Gasteiger partial charge in [-0.1, -0.05) is 18.2 Å². The number of nitrogens with one attached hydrogen (secondary N) is 2. The van der Waals surface area contributed by atoms with Crippen molar-refractivity contribution in [1.29, 1.82) is 0 Å². The summed E-state index contributed by atoms with van der Waals surface area (Å²) < 4.78 is 15.0. The molecule has 154 valence electrons. The van der Waals surface area contributed by atoms with Crippen LogP contribution in [0.2, 0.25) is 0 Å². The molecule has 0 fully saturated rings. The second-order valence-corrected chi connectivity index (χ2v) is 6.79. The molecule has 0 saturated heterocycles.